The summed E-state index contributed by atoms with van der Waals surface area (Å²) in [6.07, 6.45) is 1.13. The van der Waals surface area contributed by atoms with E-state index in [1.54, 1.807) is 26.0 Å². The van der Waals surface area contributed by atoms with E-state index in [0.717, 1.165) is 17.2 Å². The molecule has 0 atom stereocenters. The molecule has 4 aromatic rings. The molecule has 2 aromatic heterocycles. The fraction of sp³-hybridized carbons (Fsp3) is 0.158. The van der Waals surface area contributed by atoms with Gasteiger partial charge in [-0.25, -0.2) is 13.2 Å². The number of hydrogen-bond acceptors (Lipinski definition) is 5. The number of aromatic amines is 1. The Labute approximate surface area is 154 Å². The number of nitrogens with zero attached hydrogens (tertiary/aromatic N) is 1. The lowest BCUT2D eigenvalue weighted by atomic mass is 9.98. The largest absolute Gasteiger partial charge is 0.478 e. The molecule has 0 saturated heterocycles. The van der Waals surface area contributed by atoms with Crippen molar-refractivity contribution in [1.82, 2.24) is 10.1 Å². The molecule has 2 aromatic carbocycles. The predicted octanol–water partition coefficient (Wildman–Crippen LogP) is 3.69. The van der Waals surface area contributed by atoms with Crippen molar-refractivity contribution < 1.29 is 22.8 Å². The fourth-order valence-corrected chi connectivity index (χ4v) is 4.07. The summed E-state index contributed by atoms with van der Waals surface area (Å²) in [4.78, 5) is 15.1. The minimum Gasteiger partial charge on any atom is -0.478 e. The first-order chi connectivity index (χ1) is 12.7. The standard InChI is InChI=1S/C19H16N2O5S/c1-9-17(10(2)26-21-9)11-6-14-13-5-4-12(27(3,24)25)8-16(13)20-18(14)15(7-11)19(22)23/h4-8,20H,1-3H3,(H,22,23). The molecule has 2 N–H and O–H groups in total. The van der Waals surface area contributed by atoms with Crippen molar-refractivity contribution in [2.45, 2.75) is 18.7 Å². The number of carboxylic acids is 1. The molecule has 0 spiro atoms. The molecule has 0 radical (unpaired) electrons. The lowest BCUT2D eigenvalue weighted by Gasteiger charge is -2.05. The molecule has 0 bridgehead atoms. The van der Waals surface area contributed by atoms with Crippen LogP contribution in [0.2, 0.25) is 0 Å². The van der Waals surface area contributed by atoms with Gasteiger partial charge in [0.25, 0.3) is 0 Å². The van der Waals surface area contributed by atoms with E-state index in [1.807, 2.05) is 6.07 Å². The maximum atomic E-state index is 11.9. The third-order valence-corrected chi connectivity index (χ3v) is 5.77. The van der Waals surface area contributed by atoms with Crippen molar-refractivity contribution in [2.24, 2.45) is 0 Å². The fourth-order valence-electron chi connectivity index (χ4n) is 3.42. The maximum Gasteiger partial charge on any atom is 0.337 e. The van der Waals surface area contributed by atoms with Crippen molar-refractivity contribution in [3.8, 4) is 11.1 Å². The zero-order chi connectivity index (χ0) is 19.5. The Balaban J connectivity index is 2.10. The summed E-state index contributed by atoms with van der Waals surface area (Å²) < 4.78 is 28.9. The number of nitrogens with one attached hydrogen (secondary N) is 1. The molecule has 0 aliphatic heterocycles. The van der Waals surface area contributed by atoms with Crippen LogP contribution in [0.4, 0.5) is 0 Å². The number of fused-ring (bicyclic) bond motifs is 3. The van der Waals surface area contributed by atoms with Gasteiger partial charge >= 0.3 is 5.97 Å². The molecule has 27 heavy (non-hydrogen) atoms. The Morgan fingerprint density at radius 2 is 1.89 bits per heavy atom. The second-order valence-electron chi connectivity index (χ2n) is 6.56. The normalized spacial score (nSPS) is 12.1. The Morgan fingerprint density at radius 1 is 1.15 bits per heavy atom. The topological polar surface area (TPSA) is 113 Å². The van der Waals surface area contributed by atoms with Crippen LogP contribution in [0.5, 0.6) is 0 Å². The van der Waals surface area contributed by atoms with E-state index in [-0.39, 0.29) is 10.5 Å². The number of benzene rings is 2. The predicted molar refractivity (Wildman–Crippen MR) is 101 cm³/mol. The van der Waals surface area contributed by atoms with Gasteiger partial charge in [-0.05, 0) is 43.7 Å². The highest BCUT2D eigenvalue weighted by Gasteiger charge is 2.20. The van der Waals surface area contributed by atoms with E-state index in [9.17, 15) is 18.3 Å². The summed E-state index contributed by atoms with van der Waals surface area (Å²) in [5.41, 5.74) is 3.21. The van der Waals surface area contributed by atoms with Crippen LogP contribution >= 0.6 is 0 Å². The molecule has 0 saturated carbocycles. The van der Waals surface area contributed by atoms with Crippen molar-refractivity contribution in [3.05, 3.63) is 47.3 Å². The number of hydrogen-bond donors (Lipinski definition) is 2. The van der Waals surface area contributed by atoms with Gasteiger partial charge in [-0.1, -0.05) is 11.2 Å². The van der Waals surface area contributed by atoms with Crippen LogP contribution in [-0.4, -0.2) is 35.9 Å². The third-order valence-electron chi connectivity index (χ3n) is 4.66. The number of carbonyl (C=O) groups is 1. The molecular formula is C19H16N2O5S. The van der Waals surface area contributed by atoms with Gasteiger partial charge in [-0.2, -0.15) is 0 Å². The van der Waals surface area contributed by atoms with Crippen LogP contribution in [0, 0.1) is 13.8 Å². The number of H-pyrrole nitrogens is 1. The minimum absolute atomic E-state index is 0.0969. The van der Waals surface area contributed by atoms with Gasteiger partial charge in [0.1, 0.15) is 5.76 Å². The zero-order valence-corrected chi connectivity index (χ0v) is 15.6. The highest BCUT2D eigenvalue weighted by molar-refractivity contribution is 7.90. The highest BCUT2D eigenvalue weighted by atomic mass is 32.2. The van der Waals surface area contributed by atoms with Crippen LogP contribution in [0.15, 0.2) is 39.8 Å². The molecule has 0 aliphatic carbocycles. The van der Waals surface area contributed by atoms with Crippen LogP contribution in [0.1, 0.15) is 21.8 Å². The molecule has 4 rings (SSSR count). The van der Waals surface area contributed by atoms with Crippen molar-refractivity contribution in [3.63, 3.8) is 0 Å². The summed E-state index contributed by atoms with van der Waals surface area (Å²) in [5.74, 6) is -0.481. The molecule has 138 valence electrons. The molecule has 0 aliphatic rings. The van der Waals surface area contributed by atoms with E-state index < -0.39 is 15.8 Å². The van der Waals surface area contributed by atoms with Gasteiger partial charge in [0.05, 0.1) is 21.7 Å². The van der Waals surface area contributed by atoms with Gasteiger partial charge in [0.2, 0.25) is 0 Å². The van der Waals surface area contributed by atoms with Crippen molar-refractivity contribution in [1.29, 1.82) is 0 Å². The average molecular weight is 384 g/mol. The smallest absolute Gasteiger partial charge is 0.337 e. The molecule has 0 fully saturated rings. The van der Waals surface area contributed by atoms with Crippen molar-refractivity contribution >= 4 is 37.6 Å². The monoisotopic (exact) mass is 384 g/mol. The first kappa shape index (κ1) is 17.3. The van der Waals surface area contributed by atoms with Gasteiger partial charge in [-0.15, -0.1) is 0 Å². The number of aromatic nitrogens is 2. The first-order valence-electron chi connectivity index (χ1n) is 8.13. The van der Waals surface area contributed by atoms with E-state index >= 15 is 0 Å². The Bertz CT molecular complexity index is 1330. The Hall–Kier alpha value is -3.13. The average Bonchev–Trinajstić information content (AvgIpc) is 3.12. The molecule has 7 nitrogen and oxygen atoms in total. The summed E-state index contributed by atoms with van der Waals surface area (Å²) in [5, 5.41) is 15.1. The van der Waals surface area contributed by atoms with E-state index in [0.29, 0.717) is 33.4 Å². The zero-order valence-electron chi connectivity index (χ0n) is 14.8. The van der Waals surface area contributed by atoms with Crippen LogP contribution in [-0.2, 0) is 9.84 Å². The SMILES string of the molecule is Cc1noc(C)c1-c1cc(C(=O)O)c2[nH]c3cc(S(C)(=O)=O)ccc3c2c1. The van der Waals surface area contributed by atoms with Crippen molar-refractivity contribution in [2.75, 3.05) is 6.26 Å². The lowest BCUT2D eigenvalue weighted by Crippen LogP contribution is -1.98. The van der Waals surface area contributed by atoms with E-state index in [2.05, 4.69) is 10.1 Å². The number of sulfone groups is 1. The molecule has 8 heteroatoms. The molecular weight excluding hydrogens is 368 g/mol. The quantitative estimate of drug-likeness (QED) is 0.557. The number of carboxylic acid groups (broad SMARTS) is 1. The number of aromatic carboxylic acids is 1. The summed E-state index contributed by atoms with van der Waals surface area (Å²) in [7, 11) is -3.37. The van der Waals surface area contributed by atoms with Crippen LogP contribution < -0.4 is 0 Å². The summed E-state index contributed by atoms with van der Waals surface area (Å²) in [6, 6.07) is 8.17. The van der Waals surface area contributed by atoms with Gasteiger partial charge < -0.3 is 14.6 Å². The second-order valence-corrected chi connectivity index (χ2v) is 8.57. The third kappa shape index (κ3) is 2.69. The molecule has 0 amide bonds. The van der Waals surface area contributed by atoms with E-state index in [4.69, 9.17) is 4.52 Å². The van der Waals surface area contributed by atoms with Gasteiger partial charge in [-0.3, -0.25) is 0 Å². The highest BCUT2D eigenvalue weighted by Crippen LogP contribution is 2.35. The van der Waals surface area contributed by atoms with E-state index in [1.165, 1.54) is 12.1 Å². The van der Waals surface area contributed by atoms with Crippen LogP contribution in [0.25, 0.3) is 32.9 Å². The minimum atomic E-state index is -3.37. The number of rotatable bonds is 3. The first-order valence-corrected chi connectivity index (χ1v) is 10.0. The lowest BCUT2D eigenvalue weighted by molar-refractivity contribution is 0.0699. The summed E-state index contributed by atoms with van der Waals surface area (Å²) in [6.45, 7) is 3.57. The molecule has 2 heterocycles. The Kier molecular flexibility index (Phi) is 3.64. The number of aryl methyl sites for hydroxylation is 2. The Morgan fingerprint density at radius 3 is 2.48 bits per heavy atom. The second kappa shape index (κ2) is 5.68. The van der Waals surface area contributed by atoms with Gasteiger partial charge in [0, 0.05) is 28.1 Å². The maximum absolute atomic E-state index is 11.9. The molecule has 0 unspecified atom stereocenters. The van der Waals surface area contributed by atoms with Gasteiger partial charge in [0.15, 0.2) is 9.84 Å². The van der Waals surface area contributed by atoms with Crippen LogP contribution in [0.3, 0.4) is 0 Å². The summed E-state index contributed by atoms with van der Waals surface area (Å²) >= 11 is 0.